The number of hydrogen-bond donors (Lipinski definition) is 3. The molecule has 0 atom stereocenters. The van der Waals surface area contributed by atoms with Gasteiger partial charge in [-0.1, -0.05) is 19.1 Å². The first-order valence-electron chi connectivity index (χ1n) is 6.06. The molecule has 2 amide bonds. The second kappa shape index (κ2) is 7.48. The predicted octanol–water partition coefficient (Wildman–Crippen LogP) is 1.66. The smallest absolute Gasteiger partial charge is 0.253 e. The molecule has 0 heterocycles. The Morgan fingerprint density at radius 3 is 2.53 bits per heavy atom. The molecule has 0 spiro atoms. The second-order valence-corrected chi connectivity index (χ2v) is 4.17. The van der Waals surface area contributed by atoms with E-state index in [2.05, 4.69) is 16.0 Å². The zero-order chi connectivity index (χ0) is 14.3. The van der Waals surface area contributed by atoms with E-state index in [1.54, 1.807) is 31.2 Å². The lowest BCUT2D eigenvalue weighted by Gasteiger charge is -2.12. The summed E-state index contributed by atoms with van der Waals surface area (Å²) in [7, 11) is 0. The molecule has 0 unspecified atom stereocenters. The van der Waals surface area contributed by atoms with Crippen LogP contribution in [0.3, 0.4) is 0 Å². The molecule has 0 saturated heterocycles. The second-order valence-electron chi connectivity index (χ2n) is 3.76. The number of carbonyl (C=O) groups is 2. The molecule has 19 heavy (non-hydrogen) atoms. The Hall–Kier alpha value is -1.95. The molecular weight excluding hydrogens is 262 g/mol. The molecule has 102 valence electrons. The third-order valence-corrected chi connectivity index (χ3v) is 2.54. The van der Waals surface area contributed by atoms with E-state index in [4.69, 9.17) is 12.2 Å². The standard InChI is InChI=1S/C13H17N3O2S/c1-3-11(17)16-13(19)15-10-8-6-5-7-9(10)12(18)14-4-2/h5-8H,3-4H2,1-2H3,(H,14,18)(H2,15,16,17,19). The van der Waals surface area contributed by atoms with Gasteiger partial charge in [0.1, 0.15) is 0 Å². The summed E-state index contributed by atoms with van der Waals surface area (Å²) in [4.78, 5) is 23.1. The third-order valence-electron chi connectivity index (χ3n) is 2.33. The summed E-state index contributed by atoms with van der Waals surface area (Å²) in [5.74, 6) is -0.358. The van der Waals surface area contributed by atoms with Crippen molar-refractivity contribution in [2.75, 3.05) is 11.9 Å². The molecule has 1 aromatic carbocycles. The molecule has 0 aromatic heterocycles. The van der Waals surface area contributed by atoms with Gasteiger partial charge in [-0.15, -0.1) is 0 Å². The van der Waals surface area contributed by atoms with Gasteiger partial charge in [-0.2, -0.15) is 0 Å². The molecule has 0 aliphatic carbocycles. The summed E-state index contributed by atoms with van der Waals surface area (Å²) in [6, 6.07) is 6.98. The van der Waals surface area contributed by atoms with Crippen LogP contribution in [0, 0.1) is 0 Å². The van der Waals surface area contributed by atoms with E-state index < -0.39 is 0 Å². The normalized spacial score (nSPS) is 9.58. The SMILES string of the molecule is CCNC(=O)c1ccccc1NC(=S)NC(=O)CC. The van der Waals surface area contributed by atoms with Crippen LogP contribution in [0.15, 0.2) is 24.3 Å². The Kier molecular flexibility index (Phi) is 5.95. The largest absolute Gasteiger partial charge is 0.352 e. The van der Waals surface area contributed by atoms with E-state index in [0.29, 0.717) is 24.2 Å². The number of nitrogens with one attached hydrogen (secondary N) is 3. The van der Waals surface area contributed by atoms with Gasteiger partial charge >= 0.3 is 0 Å². The topological polar surface area (TPSA) is 70.2 Å². The van der Waals surface area contributed by atoms with Gasteiger partial charge in [-0.3, -0.25) is 9.59 Å². The molecule has 6 heteroatoms. The first-order chi connectivity index (χ1) is 9.08. The minimum absolute atomic E-state index is 0.173. The van der Waals surface area contributed by atoms with Gasteiger partial charge in [0.2, 0.25) is 5.91 Å². The molecule has 0 aliphatic rings. The maximum atomic E-state index is 11.8. The van der Waals surface area contributed by atoms with Crippen molar-refractivity contribution < 1.29 is 9.59 Å². The highest BCUT2D eigenvalue weighted by Crippen LogP contribution is 2.14. The van der Waals surface area contributed by atoms with Crippen LogP contribution in [0.4, 0.5) is 5.69 Å². The summed E-state index contributed by atoms with van der Waals surface area (Å²) >= 11 is 5.01. The zero-order valence-corrected chi connectivity index (χ0v) is 11.8. The Morgan fingerprint density at radius 1 is 1.21 bits per heavy atom. The lowest BCUT2D eigenvalue weighted by Crippen LogP contribution is -2.34. The first kappa shape index (κ1) is 15.1. The van der Waals surface area contributed by atoms with Gasteiger partial charge in [0, 0.05) is 13.0 Å². The number of carbonyl (C=O) groups excluding carboxylic acids is 2. The highest BCUT2D eigenvalue weighted by atomic mass is 32.1. The number of rotatable bonds is 4. The highest BCUT2D eigenvalue weighted by Gasteiger charge is 2.11. The third kappa shape index (κ3) is 4.67. The van der Waals surface area contributed by atoms with Crippen molar-refractivity contribution >= 4 is 34.8 Å². The van der Waals surface area contributed by atoms with E-state index >= 15 is 0 Å². The minimum Gasteiger partial charge on any atom is -0.352 e. The maximum absolute atomic E-state index is 11.8. The van der Waals surface area contributed by atoms with E-state index in [9.17, 15) is 9.59 Å². The number of hydrogen-bond acceptors (Lipinski definition) is 3. The lowest BCUT2D eigenvalue weighted by molar-refractivity contribution is -0.119. The average molecular weight is 279 g/mol. The van der Waals surface area contributed by atoms with E-state index in [0.717, 1.165) is 0 Å². The van der Waals surface area contributed by atoms with Gasteiger partial charge in [0.25, 0.3) is 5.91 Å². The summed E-state index contributed by atoms with van der Waals surface area (Å²) in [5, 5.41) is 8.28. The molecule has 1 aromatic rings. The monoisotopic (exact) mass is 279 g/mol. The Balaban J connectivity index is 2.80. The molecule has 5 nitrogen and oxygen atoms in total. The van der Waals surface area contributed by atoms with Crippen molar-refractivity contribution in [3.8, 4) is 0 Å². The fraction of sp³-hybridized carbons (Fsp3) is 0.308. The van der Waals surface area contributed by atoms with Crippen LogP contribution in [0.2, 0.25) is 0 Å². The van der Waals surface area contributed by atoms with Crippen molar-refractivity contribution in [1.82, 2.24) is 10.6 Å². The zero-order valence-electron chi connectivity index (χ0n) is 10.9. The predicted molar refractivity (Wildman–Crippen MR) is 79.1 cm³/mol. The quantitative estimate of drug-likeness (QED) is 0.733. The highest BCUT2D eigenvalue weighted by molar-refractivity contribution is 7.80. The molecular formula is C13H17N3O2S. The number of benzene rings is 1. The van der Waals surface area contributed by atoms with Crippen molar-refractivity contribution in [3.63, 3.8) is 0 Å². The molecule has 0 fully saturated rings. The van der Waals surface area contributed by atoms with Gasteiger partial charge in [-0.25, -0.2) is 0 Å². The first-order valence-corrected chi connectivity index (χ1v) is 6.47. The fourth-order valence-electron chi connectivity index (χ4n) is 1.41. The molecule has 0 saturated carbocycles. The van der Waals surface area contributed by atoms with E-state index in [-0.39, 0.29) is 16.9 Å². The van der Waals surface area contributed by atoms with Gasteiger partial charge in [0.15, 0.2) is 5.11 Å². The number of amides is 2. The molecule has 1 rings (SSSR count). The summed E-state index contributed by atoms with van der Waals surface area (Å²) in [6.45, 7) is 4.13. The van der Waals surface area contributed by atoms with Crippen LogP contribution >= 0.6 is 12.2 Å². The van der Waals surface area contributed by atoms with Gasteiger partial charge in [-0.05, 0) is 31.3 Å². The lowest BCUT2D eigenvalue weighted by atomic mass is 10.1. The van der Waals surface area contributed by atoms with Gasteiger partial charge < -0.3 is 16.0 Å². The average Bonchev–Trinajstić information content (AvgIpc) is 2.39. The fourth-order valence-corrected chi connectivity index (χ4v) is 1.64. The Morgan fingerprint density at radius 2 is 1.89 bits per heavy atom. The summed E-state index contributed by atoms with van der Waals surface area (Å²) < 4.78 is 0. The van der Waals surface area contributed by atoms with E-state index in [1.807, 2.05) is 6.92 Å². The van der Waals surface area contributed by atoms with Crippen molar-refractivity contribution in [3.05, 3.63) is 29.8 Å². The van der Waals surface area contributed by atoms with Crippen molar-refractivity contribution in [2.45, 2.75) is 20.3 Å². The minimum atomic E-state index is -0.185. The Labute approximate surface area is 117 Å². The van der Waals surface area contributed by atoms with E-state index in [1.165, 1.54) is 0 Å². The number of para-hydroxylation sites is 1. The number of anilines is 1. The Bertz CT molecular complexity index is 489. The van der Waals surface area contributed by atoms with Crippen LogP contribution in [0.5, 0.6) is 0 Å². The number of thiocarbonyl (C=S) groups is 1. The van der Waals surface area contributed by atoms with Crippen molar-refractivity contribution in [2.24, 2.45) is 0 Å². The van der Waals surface area contributed by atoms with Crippen LogP contribution in [0.25, 0.3) is 0 Å². The summed E-state index contributed by atoms with van der Waals surface area (Å²) in [6.07, 6.45) is 0.347. The molecule has 0 radical (unpaired) electrons. The van der Waals surface area contributed by atoms with Crippen LogP contribution in [-0.4, -0.2) is 23.5 Å². The van der Waals surface area contributed by atoms with Crippen LogP contribution in [0.1, 0.15) is 30.6 Å². The van der Waals surface area contributed by atoms with Crippen LogP contribution < -0.4 is 16.0 Å². The molecule has 0 bridgehead atoms. The summed E-state index contributed by atoms with van der Waals surface area (Å²) in [5.41, 5.74) is 1.05. The van der Waals surface area contributed by atoms with Gasteiger partial charge in [0.05, 0.1) is 11.3 Å². The molecule has 0 aliphatic heterocycles. The maximum Gasteiger partial charge on any atom is 0.253 e. The van der Waals surface area contributed by atoms with Crippen LogP contribution in [-0.2, 0) is 4.79 Å². The molecule has 3 N–H and O–H groups in total. The van der Waals surface area contributed by atoms with Crippen molar-refractivity contribution in [1.29, 1.82) is 0 Å².